The van der Waals surface area contributed by atoms with Crippen LogP contribution in [0.2, 0.25) is 0 Å². The molecule has 1 aromatic rings. The van der Waals surface area contributed by atoms with Gasteiger partial charge >= 0.3 is 5.97 Å². The van der Waals surface area contributed by atoms with Crippen LogP contribution in [0, 0.1) is 11.7 Å². The first-order valence-electron chi connectivity index (χ1n) is 9.44. The van der Waals surface area contributed by atoms with Crippen LogP contribution < -0.4 is 5.32 Å². The van der Waals surface area contributed by atoms with Crippen molar-refractivity contribution in [2.75, 3.05) is 13.1 Å². The summed E-state index contributed by atoms with van der Waals surface area (Å²) in [7, 11) is 0. The fourth-order valence-electron chi connectivity index (χ4n) is 3.46. The maximum atomic E-state index is 12.9. The van der Waals surface area contributed by atoms with Crippen LogP contribution in [-0.4, -0.2) is 52.8 Å². The van der Waals surface area contributed by atoms with E-state index in [1.165, 1.54) is 37.1 Å². The summed E-state index contributed by atoms with van der Waals surface area (Å²) in [5.74, 6) is -0.963. The van der Waals surface area contributed by atoms with Crippen molar-refractivity contribution in [2.24, 2.45) is 5.92 Å². The van der Waals surface area contributed by atoms with Gasteiger partial charge in [0.05, 0.1) is 6.54 Å². The van der Waals surface area contributed by atoms with Crippen molar-refractivity contribution in [1.29, 1.82) is 0 Å². The van der Waals surface area contributed by atoms with E-state index >= 15 is 0 Å². The molecule has 0 unspecified atom stereocenters. The molecule has 7 heteroatoms. The summed E-state index contributed by atoms with van der Waals surface area (Å²) in [4.78, 5) is 37.1. The normalized spacial score (nSPS) is 21.6. The molecular formula is C20H25FN2O4. The van der Waals surface area contributed by atoms with Crippen LogP contribution in [0.4, 0.5) is 4.39 Å². The zero-order valence-electron chi connectivity index (χ0n) is 15.2. The monoisotopic (exact) mass is 376 g/mol. The molecule has 0 aliphatic heterocycles. The lowest BCUT2D eigenvalue weighted by molar-refractivity contribution is -0.140. The molecule has 2 N–H and O–H groups in total. The van der Waals surface area contributed by atoms with E-state index in [-0.39, 0.29) is 43.2 Å². The second-order valence-corrected chi connectivity index (χ2v) is 7.59. The minimum atomic E-state index is -0.817. The number of rotatable bonds is 10. The van der Waals surface area contributed by atoms with Gasteiger partial charge in [-0.2, -0.15) is 0 Å². The van der Waals surface area contributed by atoms with E-state index in [9.17, 15) is 18.8 Å². The lowest BCUT2D eigenvalue weighted by Gasteiger charge is -2.42. The van der Waals surface area contributed by atoms with Gasteiger partial charge in [-0.1, -0.05) is 0 Å². The zero-order chi connectivity index (χ0) is 19.4. The number of carboxylic acids is 1. The molecule has 0 aromatic heterocycles. The Morgan fingerprint density at radius 3 is 2.37 bits per heavy atom. The molecule has 2 fully saturated rings. The van der Waals surface area contributed by atoms with E-state index < -0.39 is 11.8 Å². The maximum Gasteiger partial charge on any atom is 0.317 e. The van der Waals surface area contributed by atoms with E-state index in [0.717, 1.165) is 19.4 Å². The number of carboxylic acid groups (broad SMARTS) is 1. The fourth-order valence-corrected chi connectivity index (χ4v) is 3.46. The van der Waals surface area contributed by atoms with Gasteiger partial charge in [0.15, 0.2) is 5.78 Å². The van der Waals surface area contributed by atoms with E-state index in [2.05, 4.69) is 5.32 Å². The Labute approximate surface area is 157 Å². The molecule has 1 amide bonds. The fraction of sp³-hybridized carbons (Fsp3) is 0.550. The number of hydrogen-bond acceptors (Lipinski definition) is 4. The highest BCUT2D eigenvalue weighted by atomic mass is 19.1. The third kappa shape index (κ3) is 5.85. The number of Topliss-reactive ketones (excluding diaryl/α,β-unsaturated/α-hetero) is 1. The molecule has 3 rings (SSSR count). The maximum absolute atomic E-state index is 12.9. The van der Waals surface area contributed by atoms with Gasteiger partial charge in [0.1, 0.15) is 5.82 Å². The second-order valence-electron chi connectivity index (χ2n) is 7.59. The summed E-state index contributed by atoms with van der Waals surface area (Å²) in [6.45, 7) is 0.873. The summed E-state index contributed by atoms with van der Waals surface area (Å²) in [5.41, 5.74) is 0.400. The van der Waals surface area contributed by atoms with Crippen LogP contribution in [0.5, 0.6) is 0 Å². The molecule has 0 bridgehead atoms. The third-order valence-corrected chi connectivity index (χ3v) is 5.27. The Hall–Kier alpha value is -2.28. The largest absolute Gasteiger partial charge is 0.480 e. The number of carbonyl (C=O) groups excluding carboxylic acids is 2. The molecule has 27 heavy (non-hydrogen) atoms. The van der Waals surface area contributed by atoms with Gasteiger partial charge < -0.3 is 10.4 Å². The highest BCUT2D eigenvalue weighted by Gasteiger charge is 2.37. The molecule has 146 valence electrons. The van der Waals surface area contributed by atoms with Crippen LogP contribution in [0.15, 0.2) is 24.3 Å². The number of benzene rings is 1. The number of amides is 1. The van der Waals surface area contributed by atoms with Crippen LogP contribution in [-0.2, 0) is 9.59 Å². The van der Waals surface area contributed by atoms with Crippen LogP contribution >= 0.6 is 0 Å². The van der Waals surface area contributed by atoms with Crippen molar-refractivity contribution in [2.45, 2.75) is 50.6 Å². The molecule has 1 aromatic carbocycles. The number of carbonyl (C=O) groups is 3. The van der Waals surface area contributed by atoms with Gasteiger partial charge in [-0.15, -0.1) is 0 Å². The minimum Gasteiger partial charge on any atom is -0.480 e. The average molecular weight is 376 g/mol. The Morgan fingerprint density at radius 1 is 1.11 bits per heavy atom. The Balaban J connectivity index is 1.37. The summed E-state index contributed by atoms with van der Waals surface area (Å²) >= 11 is 0. The van der Waals surface area contributed by atoms with Gasteiger partial charge in [0, 0.05) is 37.0 Å². The second kappa shape index (κ2) is 8.61. The lowest BCUT2D eigenvalue weighted by Crippen LogP contribution is -2.55. The smallest absolute Gasteiger partial charge is 0.317 e. The molecule has 6 nitrogen and oxygen atoms in total. The van der Waals surface area contributed by atoms with Gasteiger partial charge in [0.25, 0.3) is 0 Å². The van der Waals surface area contributed by atoms with Crippen LogP contribution in [0.3, 0.4) is 0 Å². The number of nitrogens with one attached hydrogen (secondary N) is 1. The van der Waals surface area contributed by atoms with E-state index in [4.69, 9.17) is 5.11 Å². The zero-order valence-corrected chi connectivity index (χ0v) is 15.2. The first kappa shape index (κ1) is 19.5. The number of halogens is 1. The van der Waals surface area contributed by atoms with Gasteiger partial charge in [-0.25, -0.2) is 4.39 Å². The lowest BCUT2D eigenvalue weighted by atomic mass is 9.85. The van der Waals surface area contributed by atoms with Crippen molar-refractivity contribution < 1.29 is 23.9 Å². The molecule has 0 saturated heterocycles. The van der Waals surface area contributed by atoms with Crippen LogP contribution in [0.25, 0.3) is 0 Å². The van der Waals surface area contributed by atoms with Crippen molar-refractivity contribution in [1.82, 2.24) is 10.2 Å². The van der Waals surface area contributed by atoms with E-state index in [1.54, 1.807) is 0 Å². The summed E-state index contributed by atoms with van der Waals surface area (Å²) in [6, 6.07) is 5.54. The number of nitrogens with zero attached hydrogens (tertiary/aromatic N) is 1. The summed E-state index contributed by atoms with van der Waals surface area (Å²) in [5, 5.41) is 12.0. The number of hydrogen-bond donors (Lipinski definition) is 2. The molecule has 0 heterocycles. The van der Waals surface area contributed by atoms with E-state index in [1.807, 2.05) is 4.90 Å². The molecule has 2 aliphatic rings. The van der Waals surface area contributed by atoms with Crippen molar-refractivity contribution in [3.8, 4) is 0 Å². The summed E-state index contributed by atoms with van der Waals surface area (Å²) in [6.07, 6.45) is 4.02. The summed E-state index contributed by atoms with van der Waals surface area (Å²) < 4.78 is 12.9. The number of aliphatic carboxylic acids is 1. The molecule has 0 radical (unpaired) electrons. The predicted octanol–water partition coefficient (Wildman–Crippen LogP) is 2.23. The highest BCUT2D eigenvalue weighted by Crippen LogP contribution is 2.33. The highest BCUT2D eigenvalue weighted by molar-refractivity contribution is 5.97. The first-order chi connectivity index (χ1) is 12.9. The van der Waals surface area contributed by atoms with Crippen molar-refractivity contribution >= 4 is 17.7 Å². The Bertz CT molecular complexity index is 696. The third-order valence-electron chi connectivity index (χ3n) is 5.27. The topological polar surface area (TPSA) is 86.7 Å². The molecule has 2 saturated carbocycles. The molecule has 0 atom stereocenters. The van der Waals surface area contributed by atoms with Gasteiger partial charge in [0.2, 0.25) is 5.91 Å². The minimum absolute atomic E-state index is 0.0407. The van der Waals surface area contributed by atoms with E-state index in [0.29, 0.717) is 11.5 Å². The first-order valence-corrected chi connectivity index (χ1v) is 9.44. The number of ketones is 1. The average Bonchev–Trinajstić information content (AvgIpc) is 3.39. The van der Waals surface area contributed by atoms with Crippen molar-refractivity contribution in [3.05, 3.63) is 35.6 Å². The van der Waals surface area contributed by atoms with Gasteiger partial charge in [-0.05, 0) is 55.9 Å². The quantitative estimate of drug-likeness (QED) is 0.612. The van der Waals surface area contributed by atoms with Crippen LogP contribution in [0.1, 0.15) is 48.9 Å². The Kier molecular flexibility index (Phi) is 6.21. The molecular weight excluding hydrogens is 351 g/mol. The molecule has 2 aliphatic carbocycles. The Morgan fingerprint density at radius 2 is 1.78 bits per heavy atom. The van der Waals surface area contributed by atoms with Crippen molar-refractivity contribution in [3.63, 3.8) is 0 Å². The predicted molar refractivity (Wildman–Crippen MR) is 96.9 cm³/mol. The molecule has 0 spiro atoms. The standard InChI is InChI=1S/C20H25FN2O4/c21-15-5-3-14(4-6-15)18(24)7-8-19(25)22-16-9-17(10-16)23(12-20(26)27)11-13-1-2-13/h3-6,13,16-17H,1-2,7-12H2,(H,22,25)(H,26,27). The van der Waals surface area contributed by atoms with Gasteiger partial charge in [-0.3, -0.25) is 19.3 Å². The SMILES string of the molecule is O=C(O)CN(CC1CC1)C1CC(NC(=O)CCC(=O)c2ccc(F)cc2)C1.